The first-order valence-corrected chi connectivity index (χ1v) is 7.97. The van der Waals surface area contributed by atoms with Crippen molar-refractivity contribution in [3.05, 3.63) is 11.6 Å². The highest BCUT2D eigenvalue weighted by molar-refractivity contribution is 7.99. The number of thioether (sulfide) groups is 1. The Balaban J connectivity index is 1.67. The van der Waals surface area contributed by atoms with Crippen LogP contribution >= 0.6 is 11.8 Å². The van der Waals surface area contributed by atoms with Gasteiger partial charge in [0, 0.05) is 19.4 Å². The zero-order valence-corrected chi connectivity index (χ0v) is 11.4. The predicted octanol–water partition coefficient (Wildman–Crippen LogP) is 2.55. The summed E-state index contributed by atoms with van der Waals surface area (Å²) in [7, 11) is 0. The van der Waals surface area contributed by atoms with Crippen LogP contribution in [0.4, 0.5) is 0 Å². The molecule has 94 valence electrons. The lowest BCUT2D eigenvalue weighted by atomic mass is 9.98. The van der Waals surface area contributed by atoms with Gasteiger partial charge in [-0.25, -0.2) is 9.67 Å². The number of aromatic nitrogens is 3. The highest BCUT2D eigenvalue weighted by Gasteiger charge is 2.21. The third-order valence-electron chi connectivity index (χ3n) is 3.97. The maximum absolute atomic E-state index is 4.74. The van der Waals surface area contributed by atoms with Crippen molar-refractivity contribution in [2.75, 3.05) is 11.5 Å². The van der Waals surface area contributed by atoms with Crippen molar-refractivity contribution in [1.29, 1.82) is 0 Å². The van der Waals surface area contributed by atoms with Gasteiger partial charge in [-0.15, -0.1) is 0 Å². The van der Waals surface area contributed by atoms with E-state index in [1.54, 1.807) is 0 Å². The van der Waals surface area contributed by atoms with Gasteiger partial charge in [-0.3, -0.25) is 0 Å². The maximum atomic E-state index is 4.74. The van der Waals surface area contributed by atoms with Gasteiger partial charge in [-0.2, -0.15) is 16.9 Å². The summed E-state index contributed by atoms with van der Waals surface area (Å²) >= 11 is 2.09. The minimum atomic E-state index is 0.783. The quantitative estimate of drug-likeness (QED) is 0.809. The minimum Gasteiger partial charge on any atom is -0.250 e. The highest BCUT2D eigenvalue weighted by Crippen LogP contribution is 2.26. The second kappa shape index (κ2) is 5.01. The van der Waals surface area contributed by atoms with Crippen LogP contribution in [-0.4, -0.2) is 26.3 Å². The molecule has 0 spiro atoms. The summed E-state index contributed by atoms with van der Waals surface area (Å²) in [6.45, 7) is 3.39. The number of aryl methyl sites for hydroxylation is 1. The summed E-state index contributed by atoms with van der Waals surface area (Å²) in [6, 6.07) is 0. The van der Waals surface area contributed by atoms with Crippen LogP contribution in [0.15, 0.2) is 0 Å². The summed E-state index contributed by atoms with van der Waals surface area (Å²) in [5.41, 5.74) is 0. The second-order valence-corrected chi connectivity index (χ2v) is 6.75. The molecule has 0 bridgehead atoms. The van der Waals surface area contributed by atoms with Crippen molar-refractivity contribution in [3.8, 4) is 0 Å². The largest absolute Gasteiger partial charge is 0.250 e. The van der Waals surface area contributed by atoms with E-state index in [1.807, 2.05) is 0 Å². The standard InChI is InChI=1S/C13H21N3S/c1-10-2-5-16-13(8-10)14-12(15-16)9-11-3-6-17-7-4-11/h10-11H,2-9H2,1H3. The zero-order valence-electron chi connectivity index (χ0n) is 10.6. The Labute approximate surface area is 107 Å². The van der Waals surface area contributed by atoms with Gasteiger partial charge < -0.3 is 0 Å². The van der Waals surface area contributed by atoms with E-state index >= 15 is 0 Å². The first-order valence-electron chi connectivity index (χ1n) is 6.81. The summed E-state index contributed by atoms with van der Waals surface area (Å²) in [5, 5.41) is 4.68. The van der Waals surface area contributed by atoms with Crippen molar-refractivity contribution in [1.82, 2.24) is 14.8 Å². The molecular formula is C13H21N3S. The molecule has 0 aliphatic carbocycles. The third kappa shape index (κ3) is 2.67. The summed E-state index contributed by atoms with van der Waals surface area (Å²) < 4.78 is 2.15. The highest BCUT2D eigenvalue weighted by atomic mass is 32.2. The Morgan fingerprint density at radius 1 is 1.29 bits per heavy atom. The topological polar surface area (TPSA) is 30.7 Å². The first-order chi connectivity index (χ1) is 8.31. The SMILES string of the molecule is CC1CCn2nc(CC3CCSCC3)nc2C1. The summed E-state index contributed by atoms with van der Waals surface area (Å²) in [5.74, 6) is 6.60. The molecule has 0 N–H and O–H groups in total. The van der Waals surface area contributed by atoms with Crippen molar-refractivity contribution >= 4 is 11.8 Å². The minimum absolute atomic E-state index is 0.783. The number of hydrogen-bond donors (Lipinski definition) is 0. The molecule has 2 aliphatic rings. The fraction of sp³-hybridized carbons (Fsp3) is 0.846. The fourth-order valence-corrected chi connectivity index (χ4v) is 4.01. The molecule has 4 heteroatoms. The van der Waals surface area contributed by atoms with Crippen LogP contribution in [0, 0.1) is 11.8 Å². The van der Waals surface area contributed by atoms with Crippen molar-refractivity contribution in [2.45, 2.75) is 45.6 Å². The summed E-state index contributed by atoms with van der Waals surface area (Å²) in [4.78, 5) is 4.74. The van der Waals surface area contributed by atoms with Gasteiger partial charge in [-0.1, -0.05) is 6.92 Å². The molecule has 0 aromatic carbocycles. The third-order valence-corrected chi connectivity index (χ3v) is 5.02. The van der Waals surface area contributed by atoms with E-state index in [2.05, 4.69) is 28.5 Å². The van der Waals surface area contributed by atoms with Crippen LogP contribution < -0.4 is 0 Å². The Hall–Kier alpha value is -0.510. The Morgan fingerprint density at radius 2 is 2.12 bits per heavy atom. The van der Waals surface area contributed by atoms with Crippen LogP contribution in [0.5, 0.6) is 0 Å². The fourth-order valence-electron chi connectivity index (χ4n) is 2.81. The van der Waals surface area contributed by atoms with Crippen LogP contribution in [0.2, 0.25) is 0 Å². The molecule has 1 atom stereocenters. The molecule has 3 rings (SSSR count). The smallest absolute Gasteiger partial charge is 0.151 e. The average molecular weight is 251 g/mol. The van der Waals surface area contributed by atoms with Crippen LogP contribution in [0.25, 0.3) is 0 Å². The number of nitrogens with zero attached hydrogens (tertiary/aromatic N) is 3. The van der Waals surface area contributed by atoms with Gasteiger partial charge in [0.15, 0.2) is 5.82 Å². The molecule has 3 heterocycles. The van der Waals surface area contributed by atoms with Gasteiger partial charge in [0.1, 0.15) is 5.82 Å². The zero-order chi connectivity index (χ0) is 11.7. The molecule has 1 aromatic heterocycles. The molecule has 0 amide bonds. The van der Waals surface area contributed by atoms with E-state index in [9.17, 15) is 0 Å². The lowest BCUT2D eigenvalue weighted by Gasteiger charge is -2.19. The molecule has 0 saturated carbocycles. The molecule has 1 saturated heterocycles. The van der Waals surface area contributed by atoms with Crippen LogP contribution in [-0.2, 0) is 19.4 Å². The van der Waals surface area contributed by atoms with Gasteiger partial charge in [0.2, 0.25) is 0 Å². The van der Waals surface area contributed by atoms with Gasteiger partial charge >= 0.3 is 0 Å². The molecule has 17 heavy (non-hydrogen) atoms. The van der Waals surface area contributed by atoms with Gasteiger partial charge in [0.25, 0.3) is 0 Å². The van der Waals surface area contributed by atoms with Crippen LogP contribution in [0.1, 0.15) is 37.8 Å². The molecule has 0 radical (unpaired) electrons. The monoisotopic (exact) mass is 251 g/mol. The summed E-state index contributed by atoms with van der Waals surface area (Å²) in [6.07, 6.45) is 6.19. The molecule has 1 aromatic rings. The Morgan fingerprint density at radius 3 is 2.94 bits per heavy atom. The molecule has 1 fully saturated rings. The molecular weight excluding hydrogens is 230 g/mol. The van der Waals surface area contributed by atoms with Crippen molar-refractivity contribution < 1.29 is 0 Å². The maximum Gasteiger partial charge on any atom is 0.151 e. The van der Waals surface area contributed by atoms with Gasteiger partial charge in [0.05, 0.1) is 0 Å². The normalized spacial score (nSPS) is 25.8. The van der Waals surface area contributed by atoms with E-state index in [1.165, 1.54) is 36.6 Å². The first kappa shape index (κ1) is 11.6. The number of fused-ring (bicyclic) bond motifs is 1. The number of rotatable bonds is 2. The predicted molar refractivity (Wildman–Crippen MR) is 71.3 cm³/mol. The molecule has 2 aliphatic heterocycles. The van der Waals surface area contributed by atoms with Crippen molar-refractivity contribution in [3.63, 3.8) is 0 Å². The Bertz CT molecular complexity index is 382. The number of hydrogen-bond acceptors (Lipinski definition) is 3. The van der Waals surface area contributed by atoms with Crippen molar-refractivity contribution in [2.24, 2.45) is 11.8 Å². The average Bonchev–Trinajstić information content (AvgIpc) is 2.71. The van der Waals surface area contributed by atoms with E-state index in [0.29, 0.717) is 0 Å². The second-order valence-electron chi connectivity index (χ2n) is 5.53. The Kier molecular flexibility index (Phi) is 3.41. The van der Waals surface area contributed by atoms with Crippen LogP contribution in [0.3, 0.4) is 0 Å². The lowest BCUT2D eigenvalue weighted by molar-refractivity contribution is 0.384. The van der Waals surface area contributed by atoms with E-state index in [-0.39, 0.29) is 0 Å². The van der Waals surface area contributed by atoms with Gasteiger partial charge in [-0.05, 0) is 42.6 Å². The lowest BCUT2D eigenvalue weighted by Crippen LogP contribution is -2.18. The van der Waals surface area contributed by atoms with E-state index in [0.717, 1.165) is 37.0 Å². The molecule has 1 unspecified atom stereocenters. The van der Waals surface area contributed by atoms with E-state index < -0.39 is 0 Å². The van der Waals surface area contributed by atoms with E-state index in [4.69, 9.17) is 4.98 Å². The molecule has 3 nitrogen and oxygen atoms in total.